The van der Waals surface area contributed by atoms with Crippen molar-refractivity contribution in [1.82, 2.24) is 13.7 Å². The quantitative estimate of drug-likeness (QED) is 0.192. The molecule has 2 rings (SSSR count). The number of aromatic nitrogens is 3. The number of rotatable bonds is 14. The predicted octanol–water partition coefficient (Wildman–Crippen LogP) is 4.96. The number of hydrogen-bond donors (Lipinski definition) is 0. The lowest BCUT2D eigenvalue weighted by Gasteiger charge is -2.22. The van der Waals surface area contributed by atoms with Crippen molar-refractivity contribution in [2.24, 2.45) is 10.8 Å². The van der Waals surface area contributed by atoms with Gasteiger partial charge >= 0.3 is 11.9 Å². The highest BCUT2D eigenvalue weighted by Gasteiger charge is 2.29. The summed E-state index contributed by atoms with van der Waals surface area (Å²) in [6, 6.07) is 1.74. The summed E-state index contributed by atoms with van der Waals surface area (Å²) in [4.78, 5) is 38.9. The van der Waals surface area contributed by atoms with Gasteiger partial charge in [-0.1, -0.05) is 12.2 Å². The number of carbonyl (C=O) groups is 2. The van der Waals surface area contributed by atoms with Crippen molar-refractivity contribution in [1.29, 1.82) is 0 Å². The molecular formula is C27H39N3O6S. The Kier molecular flexibility index (Phi) is 10.2. The molecule has 2 aromatic rings. The van der Waals surface area contributed by atoms with Crippen LogP contribution in [0.1, 0.15) is 54.4 Å². The van der Waals surface area contributed by atoms with Crippen LogP contribution in [0.15, 0.2) is 42.4 Å². The number of nitrogens with zero attached hydrogens (tertiary/aromatic N) is 3. The zero-order chi connectivity index (χ0) is 28.0. The maximum absolute atomic E-state index is 13.6. The highest BCUT2D eigenvalue weighted by Crippen LogP contribution is 2.24. The van der Waals surface area contributed by atoms with Crippen molar-refractivity contribution in [3.05, 3.63) is 52.7 Å². The van der Waals surface area contributed by atoms with E-state index in [1.54, 1.807) is 61.2 Å². The SMILES string of the molecule is C=CCC(C)(C)C(=O)OCn1c(=O)c2c(ccn2COC(=O)C(C)(C)CC=C)n(CCOC(C)C)c1=S. The van der Waals surface area contributed by atoms with Gasteiger partial charge in [0.15, 0.2) is 18.2 Å². The summed E-state index contributed by atoms with van der Waals surface area (Å²) < 4.78 is 21.5. The largest absolute Gasteiger partial charge is 0.443 e. The fourth-order valence-electron chi connectivity index (χ4n) is 3.72. The topological polar surface area (TPSA) is 93.7 Å². The minimum absolute atomic E-state index is 0.0199. The second-order valence-electron chi connectivity index (χ2n) is 10.5. The number of carbonyl (C=O) groups excluding carboxylic acids is 2. The average molecular weight is 534 g/mol. The lowest BCUT2D eigenvalue weighted by atomic mass is 9.90. The Balaban J connectivity index is 2.49. The summed E-state index contributed by atoms with van der Waals surface area (Å²) in [5.74, 6) is -0.886. The number of allylic oxidation sites excluding steroid dienone is 2. The van der Waals surface area contributed by atoms with E-state index in [1.807, 2.05) is 13.8 Å². The molecule has 0 fully saturated rings. The summed E-state index contributed by atoms with van der Waals surface area (Å²) in [6.07, 6.45) is 5.86. The monoisotopic (exact) mass is 533 g/mol. The normalized spacial score (nSPS) is 12.1. The second-order valence-corrected chi connectivity index (χ2v) is 10.8. The van der Waals surface area contributed by atoms with E-state index in [4.69, 9.17) is 26.4 Å². The van der Waals surface area contributed by atoms with Crippen LogP contribution in [-0.2, 0) is 43.8 Å². The molecule has 0 atom stereocenters. The molecular weight excluding hydrogens is 494 g/mol. The molecule has 9 nitrogen and oxygen atoms in total. The Bertz CT molecular complexity index is 1270. The fraction of sp³-hybridized carbons (Fsp3) is 0.556. The van der Waals surface area contributed by atoms with Gasteiger partial charge in [0, 0.05) is 12.7 Å². The minimum atomic E-state index is -0.801. The molecule has 0 unspecified atom stereocenters. The van der Waals surface area contributed by atoms with E-state index in [0.29, 0.717) is 31.5 Å². The summed E-state index contributed by atoms with van der Waals surface area (Å²) in [7, 11) is 0. The molecule has 37 heavy (non-hydrogen) atoms. The molecule has 0 aliphatic heterocycles. The average Bonchev–Trinajstić information content (AvgIpc) is 3.23. The molecule has 10 heteroatoms. The molecule has 0 spiro atoms. The van der Waals surface area contributed by atoms with Gasteiger partial charge < -0.3 is 23.3 Å². The first kappa shape index (κ1) is 30.2. The van der Waals surface area contributed by atoms with Crippen LogP contribution in [0.5, 0.6) is 0 Å². The lowest BCUT2D eigenvalue weighted by Crippen LogP contribution is -2.32. The summed E-state index contributed by atoms with van der Waals surface area (Å²) in [6.45, 7) is 18.5. The smallest absolute Gasteiger partial charge is 0.313 e. The first-order valence-electron chi connectivity index (χ1n) is 12.3. The van der Waals surface area contributed by atoms with Crippen molar-refractivity contribution in [3.63, 3.8) is 0 Å². The Morgan fingerprint density at radius 3 is 2.05 bits per heavy atom. The van der Waals surface area contributed by atoms with E-state index >= 15 is 0 Å². The van der Waals surface area contributed by atoms with Crippen LogP contribution in [0, 0.1) is 15.6 Å². The van der Waals surface area contributed by atoms with E-state index in [-0.39, 0.29) is 29.9 Å². The first-order valence-corrected chi connectivity index (χ1v) is 12.7. The molecule has 2 aromatic heterocycles. The predicted molar refractivity (Wildman–Crippen MR) is 145 cm³/mol. The highest BCUT2D eigenvalue weighted by molar-refractivity contribution is 7.71. The van der Waals surface area contributed by atoms with E-state index in [1.165, 1.54) is 4.57 Å². The van der Waals surface area contributed by atoms with Crippen molar-refractivity contribution in [3.8, 4) is 0 Å². The maximum atomic E-state index is 13.6. The van der Waals surface area contributed by atoms with Crippen LogP contribution >= 0.6 is 12.2 Å². The standard InChI is InChI=1S/C27H39N3O6S/c1-9-12-26(5,6)23(32)35-17-28-14-11-20-21(28)22(31)30(18-36-24(33)27(7,8)13-10-2)25(37)29(20)15-16-34-19(3)4/h9-11,14,19H,1-2,12-13,15-18H2,3-8H3. The van der Waals surface area contributed by atoms with Gasteiger partial charge in [-0.05, 0) is 72.7 Å². The third-order valence-electron chi connectivity index (χ3n) is 5.98. The fourth-order valence-corrected chi connectivity index (χ4v) is 4.05. The molecule has 0 bridgehead atoms. The van der Waals surface area contributed by atoms with Gasteiger partial charge in [0.05, 0.1) is 29.1 Å². The molecule has 0 saturated carbocycles. The van der Waals surface area contributed by atoms with Crippen molar-refractivity contribution < 1.29 is 23.8 Å². The summed E-state index contributed by atoms with van der Waals surface area (Å²) in [5.41, 5.74) is -1.17. The third-order valence-corrected chi connectivity index (χ3v) is 6.42. The van der Waals surface area contributed by atoms with Gasteiger partial charge in [0.25, 0.3) is 5.56 Å². The van der Waals surface area contributed by atoms with Crippen LogP contribution in [0.4, 0.5) is 0 Å². The van der Waals surface area contributed by atoms with Crippen LogP contribution < -0.4 is 5.56 Å². The number of esters is 2. The van der Waals surface area contributed by atoms with E-state index in [0.717, 1.165) is 0 Å². The molecule has 204 valence electrons. The molecule has 0 aliphatic carbocycles. The molecule has 0 radical (unpaired) electrons. The van der Waals surface area contributed by atoms with Gasteiger partial charge in [-0.15, -0.1) is 13.2 Å². The minimum Gasteiger partial charge on any atom is -0.443 e. The number of hydrogen-bond acceptors (Lipinski definition) is 7. The third kappa shape index (κ3) is 7.29. The molecule has 0 aromatic carbocycles. The van der Waals surface area contributed by atoms with Gasteiger partial charge in [-0.2, -0.15) is 0 Å². The molecule has 0 amide bonds. The van der Waals surface area contributed by atoms with Gasteiger partial charge in [0.1, 0.15) is 5.52 Å². The molecule has 0 aliphatic rings. The van der Waals surface area contributed by atoms with Gasteiger partial charge in [-0.3, -0.25) is 14.4 Å². The Morgan fingerprint density at radius 2 is 1.54 bits per heavy atom. The number of fused-ring (bicyclic) bond motifs is 1. The summed E-state index contributed by atoms with van der Waals surface area (Å²) >= 11 is 5.63. The highest BCUT2D eigenvalue weighted by atomic mass is 32.1. The zero-order valence-corrected chi connectivity index (χ0v) is 23.6. The Labute approximate surface area is 223 Å². The molecule has 0 N–H and O–H groups in total. The van der Waals surface area contributed by atoms with Crippen LogP contribution in [0.25, 0.3) is 11.0 Å². The maximum Gasteiger partial charge on any atom is 0.313 e. The molecule has 0 saturated heterocycles. The first-order chi connectivity index (χ1) is 17.3. The Morgan fingerprint density at radius 1 is 1.00 bits per heavy atom. The van der Waals surface area contributed by atoms with Crippen LogP contribution in [-0.4, -0.2) is 38.4 Å². The van der Waals surface area contributed by atoms with Crippen molar-refractivity contribution >= 4 is 35.2 Å². The van der Waals surface area contributed by atoms with Gasteiger partial charge in [0.2, 0.25) is 0 Å². The van der Waals surface area contributed by atoms with Crippen LogP contribution in [0.2, 0.25) is 0 Å². The van der Waals surface area contributed by atoms with Gasteiger partial charge in [-0.25, -0.2) is 4.57 Å². The van der Waals surface area contributed by atoms with Crippen molar-refractivity contribution in [2.75, 3.05) is 6.61 Å². The zero-order valence-electron chi connectivity index (χ0n) is 22.7. The van der Waals surface area contributed by atoms with Crippen LogP contribution in [0.3, 0.4) is 0 Å². The van der Waals surface area contributed by atoms with E-state index < -0.39 is 28.3 Å². The van der Waals surface area contributed by atoms with E-state index in [9.17, 15) is 14.4 Å². The van der Waals surface area contributed by atoms with E-state index in [2.05, 4.69) is 13.2 Å². The summed E-state index contributed by atoms with van der Waals surface area (Å²) in [5, 5.41) is 0. The second kappa shape index (κ2) is 12.5. The van der Waals surface area contributed by atoms with Crippen molar-refractivity contribution in [2.45, 2.75) is 80.5 Å². The Hall–Kier alpha value is -2.98. The number of ether oxygens (including phenoxy) is 3. The lowest BCUT2D eigenvalue weighted by molar-refractivity contribution is -0.158. The molecule has 2 heterocycles.